The lowest BCUT2D eigenvalue weighted by atomic mass is 9.56. The maximum absolute atomic E-state index is 11.3. The van der Waals surface area contributed by atoms with E-state index in [0.29, 0.717) is 29.1 Å². The third-order valence-corrected chi connectivity index (χ3v) is 19.8. The van der Waals surface area contributed by atoms with Gasteiger partial charge in [-0.25, -0.2) is 0 Å². The van der Waals surface area contributed by atoms with Crippen molar-refractivity contribution in [2.45, 2.75) is 87.9 Å². The van der Waals surface area contributed by atoms with E-state index >= 15 is 0 Å². The predicted molar refractivity (Wildman–Crippen MR) is 268 cm³/mol. The fourth-order valence-electron chi connectivity index (χ4n) is 17.8. The molecule has 7 bridgehead atoms. The van der Waals surface area contributed by atoms with Crippen molar-refractivity contribution in [2.75, 3.05) is 0 Å². The van der Waals surface area contributed by atoms with Crippen molar-refractivity contribution >= 4 is 60.0 Å². The van der Waals surface area contributed by atoms with Crippen LogP contribution in [-0.2, 0) is 0 Å². The number of furan rings is 1. The molecular formula is C63H47N3O. The zero-order valence-corrected chi connectivity index (χ0v) is 37.4. The van der Waals surface area contributed by atoms with Gasteiger partial charge in [0.2, 0.25) is 0 Å². The Balaban J connectivity index is 1.09. The van der Waals surface area contributed by atoms with Crippen molar-refractivity contribution in [3.8, 4) is 45.5 Å². The van der Waals surface area contributed by atoms with E-state index in [1.54, 1.807) is 0 Å². The molecule has 320 valence electrons. The number of aromatic nitrogens is 1. The van der Waals surface area contributed by atoms with Crippen LogP contribution in [0.5, 0.6) is 0 Å². The van der Waals surface area contributed by atoms with Gasteiger partial charge in [-0.15, -0.1) is 0 Å². The van der Waals surface area contributed by atoms with Gasteiger partial charge in [0.15, 0.2) is 0 Å². The Labute approximate surface area is 388 Å². The summed E-state index contributed by atoms with van der Waals surface area (Å²) in [6, 6.07) is 48.3. The highest BCUT2D eigenvalue weighted by Crippen LogP contribution is 2.77. The second-order valence-electron chi connectivity index (χ2n) is 22.6. The number of fused-ring (bicyclic) bond motifs is 15. The normalized spacial score (nSPS) is 28.3. The van der Waals surface area contributed by atoms with Crippen molar-refractivity contribution in [3.63, 3.8) is 0 Å². The van der Waals surface area contributed by atoms with Crippen molar-refractivity contribution in [1.82, 2.24) is 4.40 Å². The maximum atomic E-state index is 11.3. The number of nitriles is 2. The van der Waals surface area contributed by atoms with Crippen molar-refractivity contribution < 1.29 is 4.42 Å². The van der Waals surface area contributed by atoms with Crippen molar-refractivity contribution in [1.29, 1.82) is 10.5 Å². The van der Waals surface area contributed by atoms with E-state index in [1.165, 1.54) is 136 Å². The molecule has 5 fully saturated rings. The van der Waals surface area contributed by atoms with Crippen molar-refractivity contribution in [3.05, 3.63) is 149 Å². The first-order valence-corrected chi connectivity index (χ1v) is 25.3. The Morgan fingerprint density at radius 3 is 1.72 bits per heavy atom. The minimum Gasteiger partial charge on any atom is -0.455 e. The molecule has 7 unspecified atom stereocenters. The van der Waals surface area contributed by atoms with E-state index in [2.05, 4.69) is 132 Å². The van der Waals surface area contributed by atoms with E-state index in [9.17, 15) is 10.5 Å². The summed E-state index contributed by atoms with van der Waals surface area (Å²) in [6.07, 6.45) is 12.6. The third-order valence-electron chi connectivity index (χ3n) is 19.8. The average Bonchev–Trinajstić information content (AvgIpc) is 4.10. The molecule has 4 heteroatoms. The van der Waals surface area contributed by atoms with E-state index in [1.807, 2.05) is 0 Å². The molecule has 8 aliphatic carbocycles. The number of rotatable bonds is 3. The second-order valence-corrected chi connectivity index (χ2v) is 22.6. The second kappa shape index (κ2) is 12.4. The van der Waals surface area contributed by atoms with Gasteiger partial charge in [0, 0.05) is 43.4 Å². The van der Waals surface area contributed by atoms with Gasteiger partial charge in [0.25, 0.3) is 0 Å². The summed E-state index contributed by atoms with van der Waals surface area (Å²) >= 11 is 0. The fraction of sp³-hybridized carbons (Fsp3) is 0.302. The highest BCUT2D eigenvalue weighted by Gasteiger charge is 2.66. The first-order valence-electron chi connectivity index (χ1n) is 25.3. The molecule has 0 saturated heterocycles. The lowest BCUT2D eigenvalue weighted by Crippen LogP contribution is -2.41. The smallest absolute Gasteiger partial charge is 0.143 e. The lowest BCUT2D eigenvalue weighted by Gasteiger charge is -2.48. The molecule has 5 saturated carbocycles. The maximum Gasteiger partial charge on any atom is 0.143 e. The van der Waals surface area contributed by atoms with Crippen LogP contribution in [-0.4, -0.2) is 4.40 Å². The van der Waals surface area contributed by atoms with Gasteiger partial charge in [-0.2, -0.15) is 10.5 Å². The number of hydrogen-bond donors (Lipinski definition) is 0. The molecule has 3 heterocycles. The number of benzene rings is 7. The zero-order chi connectivity index (χ0) is 43.6. The summed E-state index contributed by atoms with van der Waals surface area (Å²) in [7, 11) is 0. The molecule has 18 rings (SSSR count). The van der Waals surface area contributed by atoms with Crippen LogP contribution in [0.3, 0.4) is 0 Å². The molecule has 0 radical (unpaired) electrons. The molecule has 67 heavy (non-hydrogen) atoms. The van der Waals surface area contributed by atoms with Gasteiger partial charge >= 0.3 is 0 Å². The van der Waals surface area contributed by atoms with E-state index in [0.717, 1.165) is 78.9 Å². The van der Waals surface area contributed by atoms with Crippen molar-refractivity contribution in [2.24, 2.45) is 29.1 Å². The molecule has 1 spiro atoms. The summed E-state index contributed by atoms with van der Waals surface area (Å²) in [4.78, 5) is 0. The quantitative estimate of drug-likeness (QED) is 0.178. The molecule has 0 amide bonds. The lowest BCUT2D eigenvalue weighted by molar-refractivity contribution is 0.00322. The topological polar surface area (TPSA) is 65.1 Å². The summed E-state index contributed by atoms with van der Waals surface area (Å²) < 4.78 is 9.61. The largest absolute Gasteiger partial charge is 0.455 e. The molecule has 8 aliphatic rings. The minimum atomic E-state index is 0.434. The van der Waals surface area contributed by atoms with Crippen LogP contribution in [0.2, 0.25) is 0 Å². The molecular weight excluding hydrogens is 815 g/mol. The summed E-state index contributed by atoms with van der Waals surface area (Å²) in [6.45, 7) is 0. The van der Waals surface area contributed by atoms with Crippen LogP contribution in [0.15, 0.2) is 120 Å². The highest BCUT2D eigenvalue weighted by atomic mass is 16.3. The monoisotopic (exact) mass is 861 g/mol. The Hall–Kier alpha value is -6.88. The number of hydrogen-bond acceptors (Lipinski definition) is 3. The predicted octanol–water partition coefficient (Wildman–Crippen LogP) is 16.3. The third kappa shape index (κ3) is 4.37. The molecule has 3 aromatic heterocycles. The fourth-order valence-corrected chi connectivity index (χ4v) is 17.8. The Kier molecular flexibility index (Phi) is 6.69. The van der Waals surface area contributed by atoms with Crippen LogP contribution < -0.4 is 0 Å². The highest BCUT2D eigenvalue weighted by molar-refractivity contribution is 6.27. The Morgan fingerprint density at radius 2 is 1.06 bits per heavy atom. The van der Waals surface area contributed by atoms with Gasteiger partial charge < -0.3 is 8.82 Å². The summed E-state index contributed by atoms with van der Waals surface area (Å²) in [5.41, 5.74) is 20.4. The van der Waals surface area contributed by atoms with Crippen LogP contribution in [0.25, 0.3) is 93.4 Å². The van der Waals surface area contributed by atoms with Gasteiger partial charge in [0.05, 0.1) is 39.8 Å². The molecule has 10 aromatic rings. The average molecular weight is 862 g/mol. The van der Waals surface area contributed by atoms with Crippen LogP contribution in [0.4, 0.5) is 0 Å². The van der Waals surface area contributed by atoms with Gasteiger partial charge in [0.1, 0.15) is 11.2 Å². The van der Waals surface area contributed by atoms with E-state index in [4.69, 9.17) is 4.42 Å². The van der Waals surface area contributed by atoms with Gasteiger partial charge in [-0.1, -0.05) is 78.9 Å². The first-order chi connectivity index (χ1) is 33.0. The standard InChI is InChI=1S/C63H47N3O/c64-30-41-24-50-59(56-37-18-32-15-33(19-37)17-36(16-32)53(41)56)48-22-38(23-49-60-51(66(50)61(48)49)25-42(31-65)54-39-20-43-26-44-21-40(57(54)60)29-63(43,44)28-39)55-46(34-9-3-1-4-10-34)27-47-45-13-7-8-14-52(45)67-62(47)58(55)35-11-5-2-6-12-35/h1-14,22-25,27,32-33,36-37,39-40,43-44H,15-21,26,28-29H2. The van der Waals surface area contributed by atoms with Crippen LogP contribution in [0, 0.1) is 51.7 Å². The zero-order valence-electron chi connectivity index (χ0n) is 37.4. The summed E-state index contributed by atoms with van der Waals surface area (Å²) in [5.74, 6) is 4.86. The minimum absolute atomic E-state index is 0.434. The van der Waals surface area contributed by atoms with E-state index in [-0.39, 0.29) is 0 Å². The summed E-state index contributed by atoms with van der Waals surface area (Å²) in [5, 5.41) is 30.1. The first kappa shape index (κ1) is 36.3. The number of nitrogens with zero attached hydrogens (tertiary/aromatic N) is 3. The van der Waals surface area contributed by atoms with Gasteiger partial charge in [-0.3, -0.25) is 0 Å². The molecule has 0 N–H and O–H groups in total. The molecule has 4 nitrogen and oxygen atoms in total. The van der Waals surface area contributed by atoms with Crippen LogP contribution >= 0.6 is 0 Å². The SMILES string of the molecule is N#Cc1cc2c(c3c1C1CC4CC(C1)CC3C4)c1cc(-c3c(-c4ccccc4)cc4c(oc5ccccc54)c3-c3ccccc3)cc3c4c5c(c(C#N)cc4n2c13)C1CC2CC3CC5CC23C1. The van der Waals surface area contributed by atoms with Gasteiger partial charge in [-0.05, 0) is 198 Å². The van der Waals surface area contributed by atoms with E-state index < -0.39 is 0 Å². The van der Waals surface area contributed by atoms with Crippen LogP contribution in [0.1, 0.15) is 121 Å². The Bertz CT molecular complexity index is 3960. The molecule has 7 atom stereocenters. The molecule has 0 aliphatic heterocycles. The number of para-hydroxylation sites is 1. The molecule has 7 aromatic carbocycles. The Morgan fingerprint density at radius 1 is 0.493 bits per heavy atom.